The van der Waals surface area contributed by atoms with Gasteiger partial charge in [0.15, 0.2) is 0 Å². The molecule has 0 atom stereocenters. The maximum absolute atomic E-state index is 12.5. The summed E-state index contributed by atoms with van der Waals surface area (Å²) in [6.07, 6.45) is 2.21. The van der Waals surface area contributed by atoms with Crippen LogP contribution in [0.15, 0.2) is 54.9 Å². The van der Waals surface area contributed by atoms with Gasteiger partial charge in [-0.05, 0) is 52.6 Å². The second kappa shape index (κ2) is 8.93. The van der Waals surface area contributed by atoms with Crippen molar-refractivity contribution in [1.82, 2.24) is 25.5 Å². The topological polar surface area (TPSA) is 81.9 Å². The minimum Gasteiger partial charge on any atom is -0.493 e. The molecular formula is C20H23N5O2. The van der Waals surface area contributed by atoms with Gasteiger partial charge in [-0.25, -0.2) is 0 Å². The monoisotopic (exact) mass is 365 g/mol. The van der Waals surface area contributed by atoms with Crippen molar-refractivity contribution in [2.45, 2.75) is 20.3 Å². The number of carbonyl (C=O) groups excluding carboxylic acids is 1. The van der Waals surface area contributed by atoms with Crippen LogP contribution < -0.4 is 10.1 Å². The maximum Gasteiger partial charge on any atom is 0.253 e. The number of para-hydroxylation sites is 1. The Bertz CT molecular complexity index is 860. The van der Waals surface area contributed by atoms with E-state index in [4.69, 9.17) is 4.74 Å². The van der Waals surface area contributed by atoms with Crippen LogP contribution in [0.2, 0.25) is 0 Å². The molecule has 140 valence electrons. The minimum absolute atomic E-state index is 0.155. The van der Waals surface area contributed by atoms with Crippen LogP contribution in [0.1, 0.15) is 29.8 Å². The number of aromatic nitrogens is 4. The number of tetrazole rings is 1. The van der Waals surface area contributed by atoms with Gasteiger partial charge in [-0.3, -0.25) is 4.79 Å². The largest absolute Gasteiger partial charge is 0.493 e. The summed E-state index contributed by atoms with van der Waals surface area (Å²) in [6, 6.07) is 15.2. The molecule has 0 fully saturated rings. The maximum atomic E-state index is 12.5. The van der Waals surface area contributed by atoms with Crippen LogP contribution >= 0.6 is 0 Å². The average Bonchev–Trinajstić information content (AvgIpc) is 3.22. The van der Waals surface area contributed by atoms with Gasteiger partial charge in [0.05, 0.1) is 17.9 Å². The van der Waals surface area contributed by atoms with E-state index in [0.717, 1.165) is 17.7 Å². The number of nitrogens with zero attached hydrogens (tertiary/aromatic N) is 4. The first kappa shape index (κ1) is 18.6. The molecule has 2 aromatic carbocycles. The summed E-state index contributed by atoms with van der Waals surface area (Å²) >= 11 is 0. The molecule has 0 aliphatic rings. The highest BCUT2D eigenvalue weighted by atomic mass is 16.5. The van der Waals surface area contributed by atoms with Crippen molar-refractivity contribution in [3.63, 3.8) is 0 Å². The summed E-state index contributed by atoms with van der Waals surface area (Å²) in [6.45, 7) is 5.48. The standard InChI is InChI=1S/C20H23N5O2/c1-15(2)13-27-17-9-7-16(8-10-17)11-12-21-20(26)18-5-3-4-6-19(18)25-14-22-23-24-25/h3-10,14-15H,11-13H2,1-2H3,(H,21,26). The number of amides is 1. The SMILES string of the molecule is CC(C)COc1ccc(CCNC(=O)c2ccccc2-n2cnnn2)cc1. The molecule has 3 rings (SSSR count). The van der Waals surface area contributed by atoms with E-state index < -0.39 is 0 Å². The molecule has 0 radical (unpaired) electrons. The van der Waals surface area contributed by atoms with Crippen LogP contribution in [0.25, 0.3) is 5.69 Å². The Hall–Kier alpha value is -3.22. The molecule has 0 aliphatic carbocycles. The quantitative estimate of drug-likeness (QED) is 0.664. The Morgan fingerprint density at radius 2 is 1.93 bits per heavy atom. The number of hydrogen-bond acceptors (Lipinski definition) is 5. The first-order valence-corrected chi connectivity index (χ1v) is 8.96. The lowest BCUT2D eigenvalue weighted by Gasteiger charge is -2.10. The second-order valence-corrected chi connectivity index (χ2v) is 6.63. The molecule has 0 saturated heterocycles. The molecule has 0 unspecified atom stereocenters. The fourth-order valence-corrected chi connectivity index (χ4v) is 2.57. The van der Waals surface area contributed by atoms with Crippen LogP contribution in [-0.4, -0.2) is 39.3 Å². The molecule has 0 spiro atoms. The third-order valence-electron chi connectivity index (χ3n) is 3.95. The molecule has 1 aromatic heterocycles. The number of carbonyl (C=O) groups is 1. The number of ether oxygens (including phenoxy) is 1. The molecule has 27 heavy (non-hydrogen) atoms. The molecule has 3 aromatic rings. The van der Waals surface area contributed by atoms with Gasteiger partial charge in [-0.2, -0.15) is 4.68 Å². The van der Waals surface area contributed by atoms with E-state index in [-0.39, 0.29) is 5.91 Å². The Balaban J connectivity index is 1.55. The first-order chi connectivity index (χ1) is 13.1. The summed E-state index contributed by atoms with van der Waals surface area (Å²) in [5.41, 5.74) is 2.31. The van der Waals surface area contributed by atoms with Crippen LogP contribution in [-0.2, 0) is 6.42 Å². The van der Waals surface area contributed by atoms with Crippen molar-refractivity contribution in [2.24, 2.45) is 5.92 Å². The zero-order chi connectivity index (χ0) is 19.1. The van der Waals surface area contributed by atoms with Crippen molar-refractivity contribution in [2.75, 3.05) is 13.2 Å². The molecule has 7 heteroatoms. The first-order valence-electron chi connectivity index (χ1n) is 8.96. The highest BCUT2D eigenvalue weighted by molar-refractivity contribution is 5.97. The number of nitrogens with one attached hydrogen (secondary N) is 1. The van der Waals surface area contributed by atoms with Gasteiger partial charge >= 0.3 is 0 Å². The predicted octanol–water partition coefficient (Wildman–Crippen LogP) is 2.67. The fraction of sp³-hybridized carbons (Fsp3) is 0.300. The van der Waals surface area contributed by atoms with Gasteiger partial charge in [-0.1, -0.05) is 38.1 Å². The Morgan fingerprint density at radius 1 is 1.15 bits per heavy atom. The highest BCUT2D eigenvalue weighted by Crippen LogP contribution is 2.14. The summed E-state index contributed by atoms with van der Waals surface area (Å²) in [4.78, 5) is 12.5. The van der Waals surface area contributed by atoms with Crippen molar-refractivity contribution >= 4 is 5.91 Å². The van der Waals surface area contributed by atoms with E-state index in [1.165, 1.54) is 11.0 Å². The number of rotatable bonds is 8. The molecule has 0 bridgehead atoms. The van der Waals surface area contributed by atoms with Gasteiger partial charge in [0.1, 0.15) is 12.1 Å². The zero-order valence-electron chi connectivity index (χ0n) is 15.5. The zero-order valence-corrected chi connectivity index (χ0v) is 15.5. The van der Waals surface area contributed by atoms with Crippen LogP contribution in [0.4, 0.5) is 0 Å². The van der Waals surface area contributed by atoms with E-state index in [0.29, 0.717) is 30.3 Å². The van der Waals surface area contributed by atoms with Crippen LogP contribution in [0.3, 0.4) is 0 Å². The molecular weight excluding hydrogens is 342 g/mol. The van der Waals surface area contributed by atoms with Crippen LogP contribution in [0, 0.1) is 5.92 Å². The van der Waals surface area contributed by atoms with E-state index in [9.17, 15) is 4.79 Å². The number of benzene rings is 2. The molecule has 1 amide bonds. The Kier molecular flexibility index (Phi) is 6.14. The van der Waals surface area contributed by atoms with Gasteiger partial charge in [0, 0.05) is 6.54 Å². The fourth-order valence-electron chi connectivity index (χ4n) is 2.57. The Morgan fingerprint density at radius 3 is 2.63 bits per heavy atom. The van der Waals surface area contributed by atoms with Gasteiger partial charge in [0.25, 0.3) is 5.91 Å². The van der Waals surface area contributed by atoms with Crippen molar-refractivity contribution < 1.29 is 9.53 Å². The molecule has 0 saturated carbocycles. The highest BCUT2D eigenvalue weighted by Gasteiger charge is 2.12. The van der Waals surface area contributed by atoms with E-state index in [1.54, 1.807) is 12.1 Å². The van der Waals surface area contributed by atoms with Gasteiger partial charge < -0.3 is 10.1 Å². The Labute approximate surface area is 158 Å². The second-order valence-electron chi connectivity index (χ2n) is 6.63. The molecule has 7 nitrogen and oxygen atoms in total. The molecule has 1 heterocycles. The van der Waals surface area contributed by atoms with E-state index in [1.807, 2.05) is 36.4 Å². The van der Waals surface area contributed by atoms with Gasteiger partial charge in [0.2, 0.25) is 0 Å². The lowest BCUT2D eigenvalue weighted by molar-refractivity contribution is 0.0954. The van der Waals surface area contributed by atoms with Crippen molar-refractivity contribution in [3.05, 3.63) is 66.0 Å². The summed E-state index contributed by atoms with van der Waals surface area (Å²) in [5, 5.41) is 14.0. The average molecular weight is 365 g/mol. The third-order valence-corrected chi connectivity index (χ3v) is 3.95. The summed E-state index contributed by atoms with van der Waals surface area (Å²) < 4.78 is 7.16. The lowest BCUT2D eigenvalue weighted by atomic mass is 10.1. The minimum atomic E-state index is -0.155. The normalized spacial score (nSPS) is 10.8. The van der Waals surface area contributed by atoms with E-state index in [2.05, 4.69) is 34.7 Å². The number of hydrogen-bond donors (Lipinski definition) is 1. The molecule has 1 N–H and O–H groups in total. The smallest absolute Gasteiger partial charge is 0.253 e. The van der Waals surface area contributed by atoms with Crippen molar-refractivity contribution in [1.29, 1.82) is 0 Å². The lowest BCUT2D eigenvalue weighted by Crippen LogP contribution is -2.26. The van der Waals surface area contributed by atoms with Gasteiger partial charge in [-0.15, -0.1) is 5.10 Å². The summed E-state index contributed by atoms with van der Waals surface area (Å²) in [5.74, 6) is 1.21. The van der Waals surface area contributed by atoms with Crippen LogP contribution in [0.5, 0.6) is 5.75 Å². The summed E-state index contributed by atoms with van der Waals surface area (Å²) in [7, 11) is 0. The third kappa shape index (κ3) is 5.13. The predicted molar refractivity (Wildman–Crippen MR) is 102 cm³/mol. The van der Waals surface area contributed by atoms with E-state index >= 15 is 0 Å². The van der Waals surface area contributed by atoms with Crippen molar-refractivity contribution in [3.8, 4) is 11.4 Å². The molecule has 0 aliphatic heterocycles.